The lowest BCUT2D eigenvalue weighted by atomic mass is 10.2. The zero-order chi connectivity index (χ0) is 17.6. The molecular formula is C18H15ClN4O2. The van der Waals surface area contributed by atoms with Gasteiger partial charge in [-0.2, -0.15) is 4.98 Å². The van der Waals surface area contributed by atoms with E-state index in [1.165, 1.54) is 7.11 Å². The van der Waals surface area contributed by atoms with Crippen LogP contribution in [0.15, 0.2) is 60.8 Å². The highest BCUT2D eigenvalue weighted by Gasteiger charge is 2.12. The van der Waals surface area contributed by atoms with Crippen molar-refractivity contribution in [1.82, 2.24) is 9.97 Å². The molecule has 3 aromatic rings. The number of esters is 1. The van der Waals surface area contributed by atoms with Crippen LogP contribution in [-0.2, 0) is 4.74 Å². The van der Waals surface area contributed by atoms with E-state index in [4.69, 9.17) is 16.3 Å². The number of rotatable bonds is 5. The summed E-state index contributed by atoms with van der Waals surface area (Å²) in [6.45, 7) is 0. The van der Waals surface area contributed by atoms with Crippen molar-refractivity contribution in [1.29, 1.82) is 0 Å². The summed E-state index contributed by atoms with van der Waals surface area (Å²) in [5.41, 5.74) is 1.83. The molecule has 1 aromatic heterocycles. The summed E-state index contributed by atoms with van der Waals surface area (Å²) in [5.74, 6) is 0.532. The minimum atomic E-state index is -0.432. The lowest BCUT2D eigenvalue weighted by Gasteiger charge is -2.11. The van der Waals surface area contributed by atoms with Crippen LogP contribution in [0.5, 0.6) is 0 Å². The first-order valence-electron chi connectivity index (χ1n) is 7.46. The fourth-order valence-electron chi connectivity index (χ4n) is 2.17. The van der Waals surface area contributed by atoms with Crippen LogP contribution in [0.3, 0.4) is 0 Å². The first-order chi connectivity index (χ1) is 12.2. The van der Waals surface area contributed by atoms with Crippen LogP contribution in [0.1, 0.15) is 10.4 Å². The molecule has 3 rings (SSSR count). The number of methoxy groups -OCH3 is 1. The Balaban J connectivity index is 1.81. The van der Waals surface area contributed by atoms with Gasteiger partial charge in [-0.15, -0.1) is 0 Å². The number of halogens is 1. The van der Waals surface area contributed by atoms with Crippen molar-refractivity contribution in [3.05, 3.63) is 71.4 Å². The third-order valence-corrected chi connectivity index (χ3v) is 3.60. The number of nitrogens with zero attached hydrogens (tertiary/aromatic N) is 2. The Morgan fingerprint density at radius 2 is 1.80 bits per heavy atom. The number of para-hydroxylation sites is 1. The molecule has 0 aliphatic heterocycles. The Kier molecular flexibility index (Phi) is 5.11. The first-order valence-corrected chi connectivity index (χ1v) is 7.83. The largest absolute Gasteiger partial charge is 0.465 e. The minimum absolute atomic E-state index is 0.357. The highest BCUT2D eigenvalue weighted by atomic mass is 35.5. The van der Waals surface area contributed by atoms with Gasteiger partial charge in [-0.1, -0.05) is 23.7 Å². The van der Waals surface area contributed by atoms with E-state index in [0.29, 0.717) is 28.0 Å². The summed E-state index contributed by atoms with van der Waals surface area (Å²) in [6, 6.07) is 16.0. The zero-order valence-corrected chi connectivity index (χ0v) is 14.1. The first kappa shape index (κ1) is 16.7. The molecule has 0 aliphatic rings. The Morgan fingerprint density at radius 1 is 1.04 bits per heavy atom. The molecule has 7 heteroatoms. The molecule has 0 saturated heterocycles. The smallest absolute Gasteiger partial charge is 0.339 e. The maximum Gasteiger partial charge on any atom is 0.339 e. The standard InChI is InChI=1S/C18H15ClN4O2/c1-25-17(24)14-4-2-3-5-15(14)22-18-20-11-10-16(23-18)21-13-8-6-12(19)7-9-13/h2-11H,1H3,(H2,20,21,22,23). The topological polar surface area (TPSA) is 76.1 Å². The van der Waals surface area contributed by atoms with E-state index in [0.717, 1.165) is 5.69 Å². The van der Waals surface area contributed by atoms with Crippen molar-refractivity contribution in [2.24, 2.45) is 0 Å². The number of hydrogen-bond acceptors (Lipinski definition) is 6. The van der Waals surface area contributed by atoms with Crippen LogP contribution >= 0.6 is 11.6 Å². The molecule has 0 fully saturated rings. The van der Waals surface area contributed by atoms with Gasteiger partial charge in [0.15, 0.2) is 0 Å². The van der Waals surface area contributed by atoms with E-state index in [1.54, 1.807) is 42.6 Å². The van der Waals surface area contributed by atoms with E-state index >= 15 is 0 Å². The summed E-state index contributed by atoms with van der Waals surface area (Å²) in [5, 5.41) is 6.87. The minimum Gasteiger partial charge on any atom is -0.465 e. The third kappa shape index (κ3) is 4.24. The monoisotopic (exact) mass is 354 g/mol. The predicted octanol–water partition coefficient (Wildman–Crippen LogP) is 4.40. The van der Waals surface area contributed by atoms with Crippen LogP contribution in [-0.4, -0.2) is 23.0 Å². The van der Waals surface area contributed by atoms with Crippen LogP contribution in [0.4, 0.5) is 23.1 Å². The number of anilines is 4. The van der Waals surface area contributed by atoms with Crippen molar-refractivity contribution in [2.75, 3.05) is 17.7 Å². The quantitative estimate of drug-likeness (QED) is 0.661. The van der Waals surface area contributed by atoms with E-state index < -0.39 is 5.97 Å². The van der Waals surface area contributed by atoms with Crippen molar-refractivity contribution in [3.63, 3.8) is 0 Å². The lowest BCUT2D eigenvalue weighted by molar-refractivity contribution is 0.0602. The second kappa shape index (κ2) is 7.63. The Morgan fingerprint density at radius 3 is 2.56 bits per heavy atom. The van der Waals surface area contributed by atoms with Crippen LogP contribution < -0.4 is 10.6 Å². The number of carbonyl (C=O) groups is 1. The fourth-order valence-corrected chi connectivity index (χ4v) is 2.30. The average molecular weight is 355 g/mol. The summed E-state index contributed by atoms with van der Waals surface area (Å²) in [7, 11) is 1.34. The molecule has 0 aliphatic carbocycles. The van der Waals surface area contributed by atoms with Gasteiger partial charge in [0.05, 0.1) is 18.4 Å². The lowest BCUT2D eigenvalue weighted by Crippen LogP contribution is -2.07. The van der Waals surface area contributed by atoms with Crippen molar-refractivity contribution in [2.45, 2.75) is 0 Å². The molecule has 1 heterocycles. The highest BCUT2D eigenvalue weighted by molar-refractivity contribution is 6.30. The maximum atomic E-state index is 11.8. The van der Waals surface area contributed by atoms with Gasteiger partial charge in [0, 0.05) is 16.9 Å². The summed E-state index contributed by atoms with van der Waals surface area (Å²) in [4.78, 5) is 20.4. The predicted molar refractivity (Wildman–Crippen MR) is 97.8 cm³/mol. The molecule has 2 N–H and O–H groups in total. The number of ether oxygens (including phenoxy) is 1. The molecule has 126 valence electrons. The number of hydrogen-bond donors (Lipinski definition) is 2. The Hall–Kier alpha value is -3.12. The Labute approximate surface area is 149 Å². The molecule has 0 amide bonds. The molecule has 0 radical (unpaired) electrons. The van der Waals surface area contributed by atoms with Gasteiger partial charge < -0.3 is 15.4 Å². The van der Waals surface area contributed by atoms with Crippen molar-refractivity contribution < 1.29 is 9.53 Å². The van der Waals surface area contributed by atoms with E-state index in [-0.39, 0.29) is 0 Å². The average Bonchev–Trinajstić information content (AvgIpc) is 2.64. The fraction of sp³-hybridized carbons (Fsp3) is 0.0556. The molecule has 6 nitrogen and oxygen atoms in total. The van der Waals surface area contributed by atoms with Gasteiger partial charge in [0.2, 0.25) is 5.95 Å². The molecule has 2 aromatic carbocycles. The number of nitrogens with one attached hydrogen (secondary N) is 2. The van der Waals surface area contributed by atoms with Crippen LogP contribution in [0.25, 0.3) is 0 Å². The maximum absolute atomic E-state index is 11.8. The van der Waals surface area contributed by atoms with E-state index in [2.05, 4.69) is 20.6 Å². The number of benzene rings is 2. The van der Waals surface area contributed by atoms with Gasteiger partial charge in [-0.05, 0) is 42.5 Å². The molecule has 0 unspecified atom stereocenters. The zero-order valence-electron chi connectivity index (χ0n) is 13.4. The molecule has 0 saturated carbocycles. The second-order valence-corrected chi connectivity index (χ2v) is 5.50. The van der Waals surface area contributed by atoms with Crippen LogP contribution in [0.2, 0.25) is 5.02 Å². The van der Waals surface area contributed by atoms with E-state index in [9.17, 15) is 4.79 Å². The Bertz CT molecular complexity index is 884. The number of carbonyl (C=O) groups excluding carboxylic acids is 1. The summed E-state index contributed by atoms with van der Waals surface area (Å²) < 4.78 is 4.78. The highest BCUT2D eigenvalue weighted by Crippen LogP contribution is 2.21. The molecule has 25 heavy (non-hydrogen) atoms. The van der Waals surface area contributed by atoms with Gasteiger partial charge in [-0.3, -0.25) is 0 Å². The van der Waals surface area contributed by atoms with Crippen molar-refractivity contribution in [3.8, 4) is 0 Å². The molecule has 0 bridgehead atoms. The van der Waals surface area contributed by atoms with Gasteiger partial charge in [0.25, 0.3) is 0 Å². The molecule has 0 spiro atoms. The molecule has 0 atom stereocenters. The summed E-state index contributed by atoms with van der Waals surface area (Å²) in [6.07, 6.45) is 1.62. The third-order valence-electron chi connectivity index (χ3n) is 3.35. The molecular weight excluding hydrogens is 340 g/mol. The SMILES string of the molecule is COC(=O)c1ccccc1Nc1nccc(Nc2ccc(Cl)cc2)n1. The second-order valence-electron chi connectivity index (χ2n) is 5.06. The van der Waals surface area contributed by atoms with Crippen molar-refractivity contribution >= 4 is 40.7 Å². The normalized spacial score (nSPS) is 10.2. The summed E-state index contributed by atoms with van der Waals surface area (Å²) >= 11 is 5.88. The van der Waals surface area contributed by atoms with Gasteiger partial charge in [0.1, 0.15) is 5.82 Å². The van der Waals surface area contributed by atoms with Gasteiger partial charge in [-0.25, -0.2) is 9.78 Å². The van der Waals surface area contributed by atoms with E-state index in [1.807, 2.05) is 18.2 Å². The number of aromatic nitrogens is 2. The van der Waals surface area contributed by atoms with Gasteiger partial charge >= 0.3 is 5.97 Å². The van der Waals surface area contributed by atoms with Crippen LogP contribution in [0, 0.1) is 0 Å².